The smallest absolute Gasteiger partial charge is 0.301 e. The Morgan fingerprint density at radius 1 is 1.00 bits per heavy atom. The molecule has 10 heteroatoms. The second kappa shape index (κ2) is 12.8. The van der Waals surface area contributed by atoms with E-state index in [9.17, 15) is 14.7 Å². The van der Waals surface area contributed by atoms with Gasteiger partial charge in [-0.15, -0.1) is 10.2 Å². The topological polar surface area (TPSA) is 102 Å². The molecule has 1 atom stereocenters. The number of thioether (sulfide) groups is 1. The van der Waals surface area contributed by atoms with Crippen molar-refractivity contribution in [2.75, 3.05) is 18.1 Å². The Bertz CT molecular complexity index is 1570. The van der Waals surface area contributed by atoms with Gasteiger partial charge in [0, 0.05) is 11.3 Å². The van der Waals surface area contributed by atoms with E-state index in [-0.39, 0.29) is 16.5 Å². The Morgan fingerprint density at radius 2 is 1.68 bits per heavy atom. The van der Waals surface area contributed by atoms with Crippen LogP contribution < -0.4 is 14.4 Å². The second-order valence-electron chi connectivity index (χ2n) is 8.92. The summed E-state index contributed by atoms with van der Waals surface area (Å²) in [5.74, 6) is 0.0429. The number of aliphatic hydroxyl groups is 1. The molecular formula is C31H27N3O5S2. The van der Waals surface area contributed by atoms with Crippen LogP contribution in [-0.4, -0.2) is 40.2 Å². The summed E-state index contributed by atoms with van der Waals surface area (Å²) in [4.78, 5) is 28.3. The van der Waals surface area contributed by atoms with Crippen molar-refractivity contribution in [3.8, 4) is 11.5 Å². The van der Waals surface area contributed by atoms with Crippen molar-refractivity contribution in [2.45, 2.75) is 23.1 Å². The van der Waals surface area contributed by atoms with Crippen LogP contribution >= 0.6 is 23.1 Å². The van der Waals surface area contributed by atoms with Crippen LogP contribution in [0.1, 0.15) is 29.7 Å². The zero-order valence-corrected chi connectivity index (χ0v) is 23.9. The van der Waals surface area contributed by atoms with Crippen molar-refractivity contribution in [2.24, 2.45) is 0 Å². The first-order chi connectivity index (χ1) is 20.0. The quantitative estimate of drug-likeness (QED) is 0.0537. The lowest BCUT2D eigenvalue weighted by atomic mass is 9.95. The summed E-state index contributed by atoms with van der Waals surface area (Å²) in [7, 11) is 0. The predicted molar refractivity (Wildman–Crippen MR) is 160 cm³/mol. The number of aliphatic hydroxyl groups excluding tert-OH is 1. The van der Waals surface area contributed by atoms with Crippen LogP contribution in [-0.2, 0) is 15.3 Å². The van der Waals surface area contributed by atoms with Crippen molar-refractivity contribution in [1.29, 1.82) is 0 Å². The SMILES string of the molecule is C=CCOc1ccc(C2/C(=C(/O)c3ccc(OCC)cc3)C(=O)C(=O)N2c2nnc(SCc3ccccc3)s2)cc1. The predicted octanol–water partition coefficient (Wildman–Crippen LogP) is 6.42. The fourth-order valence-electron chi connectivity index (χ4n) is 4.36. The molecule has 0 radical (unpaired) electrons. The number of anilines is 1. The van der Waals surface area contributed by atoms with E-state index in [1.807, 2.05) is 37.3 Å². The van der Waals surface area contributed by atoms with Gasteiger partial charge in [-0.05, 0) is 54.4 Å². The second-order valence-corrected chi connectivity index (χ2v) is 11.1. The molecule has 0 bridgehead atoms. The maximum absolute atomic E-state index is 13.5. The third-order valence-electron chi connectivity index (χ3n) is 6.25. The highest BCUT2D eigenvalue weighted by Crippen LogP contribution is 2.44. The number of hydrogen-bond donors (Lipinski definition) is 1. The molecule has 208 valence electrons. The molecule has 1 unspecified atom stereocenters. The lowest BCUT2D eigenvalue weighted by Crippen LogP contribution is -2.29. The van der Waals surface area contributed by atoms with Gasteiger partial charge in [-0.2, -0.15) is 0 Å². The third kappa shape index (κ3) is 6.18. The molecule has 1 aliphatic rings. The number of carbonyl (C=O) groups is 2. The van der Waals surface area contributed by atoms with Gasteiger partial charge >= 0.3 is 5.91 Å². The Kier molecular flexibility index (Phi) is 8.81. The summed E-state index contributed by atoms with van der Waals surface area (Å²) in [6, 6.07) is 22.8. The van der Waals surface area contributed by atoms with Gasteiger partial charge in [0.25, 0.3) is 5.78 Å². The molecule has 1 fully saturated rings. The lowest BCUT2D eigenvalue weighted by molar-refractivity contribution is -0.132. The molecule has 1 aliphatic heterocycles. The molecule has 0 spiro atoms. The molecule has 0 saturated carbocycles. The summed E-state index contributed by atoms with van der Waals surface area (Å²) in [6.07, 6.45) is 1.64. The summed E-state index contributed by atoms with van der Waals surface area (Å²) in [5, 5.41) is 20.2. The minimum absolute atomic E-state index is 0.0346. The van der Waals surface area contributed by atoms with Crippen LogP contribution in [0.15, 0.2) is 101 Å². The number of carbonyl (C=O) groups excluding carboxylic acids is 2. The average molecular weight is 586 g/mol. The van der Waals surface area contributed by atoms with E-state index >= 15 is 0 Å². The third-order valence-corrected chi connectivity index (χ3v) is 8.38. The van der Waals surface area contributed by atoms with E-state index in [4.69, 9.17) is 9.47 Å². The average Bonchev–Trinajstić information content (AvgIpc) is 3.58. The van der Waals surface area contributed by atoms with E-state index in [0.29, 0.717) is 45.9 Å². The van der Waals surface area contributed by atoms with E-state index in [2.05, 4.69) is 16.8 Å². The van der Waals surface area contributed by atoms with Crippen molar-refractivity contribution in [1.82, 2.24) is 10.2 Å². The van der Waals surface area contributed by atoms with Gasteiger partial charge in [0.05, 0.1) is 18.2 Å². The van der Waals surface area contributed by atoms with Crippen LogP contribution in [0.2, 0.25) is 0 Å². The van der Waals surface area contributed by atoms with Crippen LogP contribution in [0.4, 0.5) is 5.13 Å². The van der Waals surface area contributed by atoms with Gasteiger partial charge in [0.2, 0.25) is 5.13 Å². The lowest BCUT2D eigenvalue weighted by Gasteiger charge is -2.22. The number of Topliss-reactive ketones (excluding diaryl/α,β-unsaturated/α-hetero) is 1. The van der Waals surface area contributed by atoms with Crippen molar-refractivity contribution < 1.29 is 24.2 Å². The Morgan fingerprint density at radius 3 is 2.37 bits per heavy atom. The fourth-order valence-corrected chi connectivity index (χ4v) is 6.18. The van der Waals surface area contributed by atoms with E-state index in [1.165, 1.54) is 28.0 Å². The Hall–Kier alpha value is -4.41. The Labute approximate surface area is 246 Å². The monoisotopic (exact) mass is 585 g/mol. The first-order valence-corrected chi connectivity index (χ1v) is 14.7. The number of amides is 1. The van der Waals surface area contributed by atoms with Crippen LogP contribution in [0.5, 0.6) is 11.5 Å². The van der Waals surface area contributed by atoms with Crippen molar-refractivity contribution in [3.05, 3.63) is 114 Å². The summed E-state index contributed by atoms with van der Waals surface area (Å²) < 4.78 is 11.8. The van der Waals surface area contributed by atoms with Gasteiger partial charge in [0.1, 0.15) is 23.9 Å². The standard InChI is InChI=1S/C31H27N3O5S2/c1-3-18-39-24-14-10-21(11-15-24)26-25(27(35)22-12-16-23(17-13-22)38-4-2)28(36)29(37)34(26)30-32-33-31(41-30)40-19-20-8-6-5-7-9-20/h3,5-17,26,35H,1,4,18-19H2,2H3/b27-25-. The highest BCUT2D eigenvalue weighted by atomic mass is 32.2. The van der Waals surface area contributed by atoms with Gasteiger partial charge in [-0.3, -0.25) is 14.5 Å². The van der Waals surface area contributed by atoms with Gasteiger partial charge in [-0.25, -0.2) is 0 Å². The highest BCUT2D eigenvalue weighted by Gasteiger charge is 2.48. The first-order valence-electron chi connectivity index (χ1n) is 12.9. The molecule has 8 nitrogen and oxygen atoms in total. The number of hydrogen-bond acceptors (Lipinski definition) is 9. The van der Waals surface area contributed by atoms with Gasteiger partial charge < -0.3 is 14.6 Å². The van der Waals surface area contributed by atoms with E-state index in [0.717, 1.165) is 5.56 Å². The molecule has 2 heterocycles. The van der Waals surface area contributed by atoms with E-state index < -0.39 is 17.7 Å². The van der Waals surface area contributed by atoms with Crippen molar-refractivity contribution >= 4 is 45.7 Å². The maximum atomic E-state index is 13.5. The zero-order valence-electron chi connectivity index (χ0n) is 22.2. The molecule has 1 saturated heterocycles. The molecule has 1 N–H and O–H groups in total. The summed E-state index contributed by atoms with van der Waals surface area (Å²) >= 11 is 2.72. The summed E-state index contributed by atoms with van der Waals surface area (Å²) in [5.41, 5.74) is 2.09. The Balaban J connectivity index is 1.52. The number of benzene rings is 3. The van der Waals surface area contributed by atoms with Crippen LogP contribution in [0.3, 0.4) is 0 Å². The minimum Gasteiger partial charge on any atom is -0.507 e. The van der Waals surface area contributed by atoms with Crippen LogP contribution in [0.25, 0.3) is 5.76 Å². The molecular weight excluding hydrogens is 558 g/mol. The maximum Gasteiger partial charge on any atom is 0.301 e. The zero-order chi connectivity index (χ0) is 28.8. The number of nitrogens with zero attached hydrogens (tertiary/aromatic N) is 3. The molecule has 3 aromatic carbocycles. The number of ether oxygens (including phenoxy) is 2. The summed E-state index contributed by atoms with van der Waals surface area (Å²) in [6.45, 7) is 6.37. The number of aromatic nitrogens is 2. The molecule has 5 rings (SSSR count). The molecule has 1 aromatic heterocycles. The molecule has 1 amide bonds. The largest absolute Gasteiger partial charge is 0.507 e. The number of ketones is 1. The minimum atomic E-state index is -0.921. The molecule has 4 aromatic rings. The van der Waals surface area contributed by atoms with Gasteiger partial charge in [0.15, 0.2) is 4.34 Å². The van der Waals surface area contributed by atoms with Crippen molar-refractivity contribution in [3.63, 3.8) is 0 Å². The van der Waals surface area contributed by atoms with Gasteiger partial charge in [-0.1, -0.05) is 78.2 Å². The molecule has 41 heavy (non-hydrogen) atoms. The fraction of sp³-hybridized carbons (Fsp3) is 0.161. The normalized spacial score (nSPS) is 16.1. The highest BCUT2D eigenvalue weighted by molar-refractivity contribution is 8.00. The van der Waals surface area contributed by atoms with Crippen LogP contribution in [0, 0.1) is 0 Å². The first kappa shape index (κ1) is 28.1. The molecule has 0 aliphatic carbocycles. The van der Waals surface area contributed by atoms with E-state index in [1.54, 1.807) is 54.6 Å². The number of rotatable bonds is 11.